The SMILES string of the molecule is [2H]C([2H])(N)c1c(C)c(C(=O)OC(C)(C)C)nn1COCC[Si](C)(C)C. The summed E-state index contributed by atoms with van der Waals surface area (Å²) in [6.07, 6.45) is 0. The van der Waals surface area contributed by atoms with Gasteiger partial charge in [-0.1, -0.05) is 19.6 Å². The second-order valence-electron chi connectivity index (χ2n) is 7.82. The fraction of sp³-hybridized carbons (Fsp3) is 0.750. The van der Waals surface area contributed by atoms with E-state index in [1.165, 1.54) is 4.68 Å². The number of ether oxygens (including phenoxy) is 2. The van der Waals surface area contributed by atoms with Crippen molar-refractivity contribution in [3.8, 4) is 0 Å². The minimum atomic E-state index is -2.14. The Labute approximate surface area is 143 Å². The van der Waals surface area contributed by atoms with E-state index in [2.05, 4.69) is 24.7 Å². The number of carbonyl (C=O) groups is 1. The predicted octanol–water partition coefficient (Wildman–Crippen LogP) is 2.92. The number of hydrogen-bond donors (Lipinski definition) is 1. The summed E-state index contributed by atoms with van der Waals surface area (Å²) in [4.78, 5) is 12.3. The maximum atomic E-state index is 12.3. The number of carbonyl (C=O) groups excluding carboxylic acids is 1. The molecule has 0 aliphatic carbocycles. The molecular weight excluding hydrogens is 310 g/mol. The Morgan fingerprint density at radius 2 is 2.00 bits per heavy atom. The Kier molecular flexibility index (Phi) is 5.50. The fourth-order valence-corrected chi connectivity index (χ4v) is 2.63. The number of nitrogens with two attached hydrogens (primary N) is 1. The highest BCUT2D eigenvalue weighted by atomic mass is 28.3. The summed E-state index contributed by atoms with van der Waals surface area (Å²) in [7, 11) is -1.22. The van der Waals surface area contributed by atoms with Crippen LogP contribution < -0.4 is 5.73 Å². The molecule has 7 heteroatoms. The van der Waals surface area contributed by atoms with Gasteiger partial charge in [-0.15, -0.1) is 0 Å². The van der Waals surface area contributed by atoms with Gasteiger partial charge in [0, 0.05) is 29.5 Å². The zero-order valence-electron chi connectivity index (χ0n) is 17.3. The predicted molar refractivity (Wildman–Crippen MR) is 94.1 cm³/mol. The maximum absolute atomic E-state index is 12.3. The van der Waals surface area contributed by atoms with Gasteiger partial charge in [-0.25, -0.2) is 9.48 Å². The van der Waals surface area contributed by atoms with Gasteiger partial charge >= 0.3 is 5.97 Å². The molecule has 0 atom stereocenters. The lowest BCUT2D eigenvalue weighted by Gasteiger charge is -2.18. The molecular formula is C16H31N3O3Si. The Morgan fingerprint density at radius 1 is 1.39 bits per heavy atom. The van der Waals surface area contributed by atoms with E-state index in [0.717, 1.165) is 6.04 Å². The molecule has 0 saturated heterocycles. The van der Waals surface area contributed by atoms with Crippen LogP contribution in [0.25, 0.3) is 0 Å². The van der Waals surface area contributed by atoms with Gasteiger partial charge in [0.15, 0.2) is 5.69 Å². The lowest BCUT2D eigenvalue weighted by Crippen LogP contribution is -2.24. The van der Waals surface area contributed by atoms with Crippen molar-refractivity contribution < 1.29 is 17.0 Å². The molecule has 0 spiro atoms. The maximum Gasteiger partial charge on any atom is 0.359 e. The van der Waals surface area contributed by atoms with Gasteiger partial charge in [0.05, 0.1) is 5.69 Å². The van der Waals surface area contributed by atoms with Crippen LogP contribution in [0.4, 0.5) is 0 Å². The average molecular weight is 344 g/mol. The molecule has 0 saturated carbocycles. The molecule has 0 aliphatic heterocycles. The molecule has 0 aliphatic rings. The van der Waals surface area contributed by atoms with Gasteiger partial charge in [-0.05, 0) is 33.7 Å². The second kappa shape index (κ2) is 7.59. The van der Waals surface area contributed by atoms with Crippen LogP contribution in [-0.2, 0) is 22.7 Å². The van der Waals surface area contributed by atoms with Crippen molar-refractivity contribution in [2.45, 2.75) is 72.2 Å². The van der Waals surface area contributed by atoms with Crippen molar-refractivity contribution in [2.24, 2.45) is 5.73 Å². The normalized spacial score (nSPS) is 14.4. The van der Waals surface area contributed by atoms with E-state index < -0.39 is 26.1 Å². The van der Waals surface area contributed by atoms with Crippen molar-refractivity contribution in [1.29, 1.82) is 0 Å². The number of nitrogens with zero attached hydrogens (tertiary/aromatic N) is 2. The summed E-state index contributed by atoms with van der Waals surface area (Å²) in [5, 5.41) is 4.20. The molecule has 1 rings (SSSR count). The van der Waals surface area contributed by atoms with Crippen LogP contribution >= 0.6 is 0 Å². The summed E-state index contributed by atoms with van der Waals surface area (Å²) in [6, 6.07) is 0.983. The van der Waals surface area contributed by atoms with Crippen molar-refractivity contribution >= 4 is 14.0 Å². The Bertz CT molecular complexity index is 614. The zero-order chi connectivity index (χ0) is 19.6. The standard InChI is InChI=1S/C16H31N3O3Si/c1-12-13(10-17)19(11-21-8-9-23(5,6)7)18-14(12)15(20)22-16(2,3)4/h8-11,17H2,1-7H3/i10D2. The van der Waals surface area contributed by atoms with E-state index >= 15 is 0 Å². The lowest BCUT2D eigenvalue weighted by molar-refractivity contribution is 0.00589. The summed E-state index contributed by atoms with van der Waals surface area (Å²) in [5.41, 5.74) is 5.54. The third kappa shape index (κ3) is 6.45. The minimum Gasteiger partial charge on any atom is -0.455 e. The third-order valence-electron chi connectivity index (χ3n) is 3.13. The van der Waals surface area contributed by atoms with Gasteiger partial charge in [0.25, 0.3) is 0 Å². The average Bonchev–Trinajstić information content (AvgIpc) is 2.68. The molecule has 1 aromatic heterocycles. The van der Waals surface area contributed by atoms with E-state index in [0.29, 0.717) is 12.2 Å². The van der Waals surface area contributed by atoms with Gasteiger partial charge < -0.3 is 15.2 Å². The zero-order valence-corrected chi connectivity index (χ0v) is 16.3. The molecule has 0 amide bonds. The van der Waals surface area contributed by atoms with E-state index in [-0.39, 0.29) is 18.1 Å². The molecule has 2 N–H and O–H groups in total. The van der Waals surface area contributed by atoms with Gasteiger partial charge in [0.1, 0.15) is 12.3 Å². The topological polar surface area (TPSA) is 79.4 Å². The van der Waals surface area contributed by atoms with E-state index in [9.17, 15) is 4.79 Å². The first kappa shape index (κ1) is 16.7. The number of esters is 1. The minimum absolute atomic E-state index is 0.0418. The van der Waals surface area contributed by atoms with Crippen molar-refractivity contribution in [3.63, 3.8) is 0 Å². The Balaban J connectivity index is 3.04. The monoisotopic (exact) mass is 343 g/mol. The highest BCUT2D eigenvalue weighted by molar-refractivity contribution is 6.76. The Hall–Kier alpha value is -1.18. The molecule has 6 nitrogen and oxygen atoms in total. The highest BCUT2D eigenvalue weighted by Crippen LogP contribution is 2.18. The lowest BCUT2D eigenvalue weighted by atomic mass is 10.1. The highest BCUT2D eigenvalue weighted by Gasteiger charge is 2.24. The Morgan fingerprint density at radius 3 is 2.48 bits per heavy atom. The van der Waals surface area contributed by atoms with Crippen molar-refractivity contribution in [2.75, 3.05) is 6.61 Å². The van der Waals surface area contributed by atoms with Crippen LogP contribution in [0.1, 0.15) is 45.3 Å². The molecule has 1 aromatic rings. The first-order valence-electron chi connectivity index (χ1n) is 8.80. The summed E-state index contributed by atoms with van der Waals surface area (Å²) >= 11 is 0. The van der Waals surface area contributed by atoms with Crippen molar-refractivity contribution in [1.82, 2.24) is 9.78 Å². The van der Waals surface area contributed by atoms with Crippen molar-refractivity contribution in [3.05, 3.63) is 17.0 Å². The smallest absolute Gasteiger partial charge is 0.359 e. The molecule has 0 aromatic carbocycles. The van der Waals surface area contributed by atoms with Crippen LogP contribution in [0.2, 0.25) is 25.7 Å². The molecule has 132 valence electrons. The molecule has 0 radical (unpaired) electrons. The molecule has 0 fully saturated rings. The first-order valence-corrected chi connectivity index (χ1v) is 11.5. The summed E-state index contributed by atoms with van der Waals surface area (Å²) in [5.74, 6) is -0.601. The van der Waals surface area contributed by atoms with E-state index in [1.54, 1.807) is 27.7 Å². The van der Waals surface area contributed by atoms with Gasteiger partial charge in [-0.2, -0.15) is 5.10 Å². The quantitative estimate of drug-likeness (QED) is 0.468. The van der Waals surface area contributed by atoms with Crippen LogP contribution in [-0.4, -0.2) is 36.0 Å². The fourth-order valence-electron chi connectivity index (χ4n) is 1.88. The molecule has 0 bridgehead atoms. The van der Waals surface area contributed by atoms with Crippen LogP contribution in [0.3, 0.4) is 0 Å². The second-order valence-corrected chi connectivity index (χ2v) is 13.4. The summed E-state index contributed by atoms with van der Waals surface area (Å²) in [6.45, 7) is 12.1. The van der Waals surface area contributed by atoms with Crippen LogP contribution in [0.15, 0.2) is 0 Å². The number of aromatic nitrogens is 2. The number of rotatable bonds is 7. The first-order chi connectivity index (χ1) is 11.1. The van der Waals surface area contributed by atoms with E-state index in [4.69, 9.17) is 17.9 Å². The third-order valence-corrected chi connectivity index (χ3v) is 4.83. The molecule has 23 heavy (non-hydrogen) atoms. The van der Waals surface area contributed by atoms with Gasteiger partial charge in [0.2, 0.25) is 0 Å². The van der Waals surface area contributed by atoms with Crippen LogP contribution in [0.5, 0.6) is 0 Å². The van der Waals surface area contributed by atoms with Crippen LogP contribution in [0, 0.1) is 6.92 Å². The summed E-state index contributed by atoms with van der Waals surface area (Å²) < 4.78 is 28.0. The number of hydrogen-bond acceptors (Lipinski definition) is 5. The molecule has 0 unspecified atom stereocenters. The molecule has 1 heterocycles. The van der Waals surface area contributed by atoms with Gasteiger partial charge in [-0.3, -0.25) is 0 Å². The van der Waals surface area contributed by atoms with E-state index in [1.807, 2.05) is 0 Å². The largest absolute Gasteiger partial charge is 0.455 e.